The molecule has 2 N–H and O–H groups in total. The molecule has 0 spiro atoms. The number of benzene rings is 1. The number of hydrogen-bond donors (Lipinski definition) is 2. The Labute approximate surface area is 160 Å². The van der Waals surface area contributed by atoms with E-state index in [0.717, 1.165) is 12.0 Å². The minimum Gasteiger partial charge on any atom is -0.328 e. The van der Waals surface area contributed by atoms with Crippen LogP contribution < -0.4 is 10.6 Å². The minimum atomic E-state index is -1.05. The standard InChI is InChI=1S/C20H19F2N5O/c1-27-12-13(11-24-27)18-16(7-3-10-23-18)25-19(28)26-20(8-4-9-20)17-14(21)5-2-6-15(17)22/h2-3,5-7,10-12H,4,8-9H2,1H3,(H2,25,26,28). The van der Waals surface area contributed by atoms with Gasteiger partial charge in [0.25, 0.3) is 0 Å². The molecule has 0 atom stereocenters. The van der Waals surface area contributed by atoms with Crippen LogP contribution in [-0.2, 0) is 12.6 Å². The lowest BCUT2D eigenvalue weighted by molar-refractivity contribution is 0.175. The van der Waals surface area contributed by atoms with Crippen LogP contribution in [-0.4, -0.2) is 20.8 Å². The van der Waals surface area contributed by atoms with Crippen molar-refractivity contribution in [3.8, 4) is 11.3 Å². The van der Waals surface area contributed by atoms with Gasteiger partial charge in [0.15, 0.2) is 0 Å². The highest BCUT2D eigenvalue weighted by molar-refractivity contribution is 5.93. The molecule has 8 heteroatoms. The number of rotatable bonds is 4. The number of anilines is 1. The Kier molecular flexibility index (Phi) is 4.54. The van der Waals surface area contributed by atoms with Crippen molar-refractivity contribution in [3.63, 3.8) is 0 Å². The van der Waals surface area contributed by atoms with Crippen LogP contribution in [0.5, 0.6) is 0 Å². The van der Waals surface area contributed by atoms with E-state index in [1.807, 2.05) is 0 Å². The third kappa shape index (κ3) is 3.21. The Hall–Kier alpha value is -3.29. The molecule has 0 saturated heterocycles. The number of nitrogens with zero attached hydrogens (tertiary/aromatic N) is 3. The van der Waals surface area contributed by atoms with Crippen LogP contribution in [0.3, 0.4) is 0 Å². The van der Waals surface area contributed by atoms with Gasteiger partial charge in [-0.1, -0.05) is 6.07 Å². The Morgan fingerprint density at radius 1 is 1.18 bits per heavy atom. The maximum atomic E-state index is 14.3. The summed E-state index contributed by atoms with van der Waals surface area (Å²) in [5, 5.41) is 9.66. The molecule has 2 amide bonds. The average molecular weight is 383 g/mol. The van der Waals surface area contributed by atoms with Crippen molar-refractivity contribution < 1.29 is 13.6 Å². The first kappa shape index (κ1) is 18.1. The smallest absolute Gasteiger partial charge is 0.320 e. The van der Waals surface area contributed by atoms with Gasteiger partial charge in [0.05, 0.1) is 23.1 Å². The van der Waals surface area contributed by atoms with E-state index < -0.39 is 23.2 Å². The Morgan fingerprint density at radius 2 is 1.93 bits per heavy atom. The highest BCUT2D eigenvalue weighted by Gasteiger charge is 2.44. The molecule has 1 saturated carbocycles. The Morgan fingerprint density at radius 3 is 2.54 bits per heavy atom. The Bertz CT molecular complexity index is 1010. The predicted octanol–water partition coefficient (Wildman–Crippen LogP) is 3.96. The number of amides is 2. The van der Waals surface area contributed by atoms with Crippen LogP contribution in [0.15, 0.2) is 48.9 Å². The van der Waals surface area contributed by atoms with Crippen LogP contribution in [0.4, 0.5) is 19.3 Å². The number of pyridine rings is 1. The lowest BCUT2D eigenvalue weighted by atomic mass is 9.71. The summed E-state index contributed by atoms with van der Waals surface area (Å²) in [4.78, 5) is 17.0. The molecule has 1 aliphatic carbocycles. The number of aryl methyl sites for hydroxylation is 1. The molecule has 2 aromatic heterocycles. The highest BCUT2D eigenvalue weighted by Crippen LogP contribution is 2.43. The molecule has 1 aliphatic rings. The summed E-state index contributed by atoms with van der Waals surface area (Å²) in [7, 11) is 1.79. The maximum Gasteiger partial charge on any atom is 0.320 e. The lowest BCUT2D eigenvalue weighted by Gasteiger charge is -2.43. The second-order valence-electron chi connectivity index (χ2n) is 6.91. The maximum absolute atomic E-state index is 14.3. The molecule has 4 rings (SSSR count). The van der Waals surface area contributed by atoms with E-state index in [2.05, 4.69) is 20.7 Å². The van der Waals surface area contributed by atoms with E-state index in [-0.39, 0.29) is 5.56 Å². The minimum absolute atomic E-state index is 0.0879. The summed E-state index contributed by atoms with van der Waals surface area (Å²) in [6, 6.07) is 6.60. The second-order valence-corrected chi connectivity index (χ2v) is 6.91. The van der Waals surface area contributed by atoms with E-state index in [1.54, 1.807) is 42.5 Å². The van der Waals surface area contributed by atoms with Gasteiger partial charge in [0, 0.05) is 30.6 Å². The number of aromatic nitrogens is 3. The number of urea groups is 1. The second kappa shape index (κ2) is 7.03. The summed E-state index contributed by atoms with van der Waals surface area (Å²) < 4.78 is 30.2. The van der Waals surface area contributed by atoms with Crippen LogP contribution in [0, 0.1) is 11.6 Å². The molecular formula is C20H19F2N5O. The van der Waals surface area contributed by atoms with Crippen LogP contribution in [0.25, 0.3) is 11.3 Å². The fourth-order valence-corrected chi connectivity index (χ4v) is 3.57. The van der Waals surface area contributed by atoms with Crippen molar-refractivity contribution >= 4 is 11.7 Å². The van der Waals surface area contributed by atoms with Crippen LogP contribution in [0.1, 0.15) is 24.8 Å². The highest BCUT2D eigenvalue weighted by atomic mass is 19.1. The zero-order valence-electron chi connectivity index (χ0n) is 15.2. The van der Waals surface area contributed by atoms with Crippen molar-refractivity contribution in [3.05, 3.63) is 66.1 Å². The lowest BCUT2D eigenvalue weighted by Crippen LogP contribution is -2.53. The van der Waals surface area contributed by atoms with E-state index >= 15 is 0 Å². The number of hydrogen-bond acceptors (Lipinski definition) is 3. The molecule has 144 valence electrons. The van der Waals surface area contributed by atoms with Gasteiger partial charge in [-0.25, -0.2) is 13.6 Å². The van der Waals surface area contributed by atoms with Gasteiger partial charge in [-0.3, -0.25) is 9.67 Å². The topological polar surface area (TPSA) is 71.8 Å². The molecule has 3 aromatic rings. The van der Waals surface area contributed by atoms with Crippen LogP contribution in [0.2, 0.25) is 0 Å². The normalized spacial score (nSPS) is 15.0. The van der Waals surface area contributed by atoms with E-state index in [0.29, 0.717) is 24.2 Å². The molecular weight excluding hydrogens is 364 g/mol. The fraction of sp³-hybridized carbons (Fsp3) is 0.250. The van der Waals surface area contributed by atoms with Gasteiger partial charge in [-0.15, -0.1) is 0 Å². The molecule has 28 heavy (non-hydrogen) atoms. The molecule has 0 radical (unpaired) electrons. The van der Waals surface area contributed by atoms with Crippen molar-refractivity contribution in [1.29, 1.82) is 0 Å². The first-order valence-electron chi connectivity index (χ1n) is 8.96. The summed E-state index contributed by atoms with van der Waals surface area (Å²) >= 11 is 0. The van der Waals surface area contributed by atoms with E-state index in [4.69, 9.17) is 0 Å². The molecule has 2 heterocycles. The van der Waals surface area contributed by atoms with Crippen molar-refractivity contribution in [2.45, 2.75) is 24.8 Å². The van der Waals surface area contributed by atoms with Gasteiger partial charge in [0.1, 0.15) is 11.6 Å². The molecule has 1 aromatic carbocycles. The Balaban J connectivity index is 1.58. The van der Waals surface area contributed by atoms with Gasteiger partial charge >= 0.3 is 6.03 Å². The largest absolute Gasteiger partial charge is 0.328 e. The summed E-state index contributed by atoms with van der Waals surface area (Å²) in [6.07, 6.45) is 6.78. The summed E-state index contributed by atoms with van der Waals surface area (Å²) in [5.74, 6) is -1.31. The van der Waals surface area contributed by atoms with Gasteiger partial charge in [-0.05, 0) is 43.5 Å². The monoisotopic (exact) mass is 383 g/mol. The van der Waals surface area contributed by atoms with Crippen molar-refractivity contribution in [2.24, 2.45) is 7.05 Å². The van der Waals surface area contributed by atoms with Gasteiger partial charge < -0.3 is 10.6 Å². The summed E-state index contributed by atoms with van der Waals surface area (Å²) in [6.45, 7) is 0. The first-order valence-corrected chi connectivity index (χ1v) is 8.96. The molecule has 0 bridgehead atoms. The molecule has 1 fully saturated rings. The molecule has 6 nitrogen and oxygen atoms in total. The molecule has 0 aliphatic heterocycles. The van der Waals surface area contributed by atoms with Gasteiger partial charge in [-0.2, -0.15) is 5.10 Å². The predicted molar refractivity (Wildman–Crippen MR) is 100 cm³/mol. The zero-order valence-corrected chi connectivity index (χ0v) is 15.2. The number of nitrogens with one attached hydrogen (secondary N) is 2. The first-order chi connectivity index (χ1) is 13.5. The van der Waals surface area contributed by atoms with Crippen molar-refractivity contribution in [1.82, 2.24) is 20.1 Å². The van der Waals surface area contributed by atoms with E-state index in [9.17, 15) is 13.6 Å². The third-order valence-electron chi connectivity index (χ3n) is 5.04. The average Bonchev–Trinajstić information content (AvgIpc) is 3.06. The van der Waals surface area contributed by atoms with Crippen molar-refractivity contribution in [2.75, 3.05) is 5.32 Å². The third-order valence-corrected chi connectivity index (χ3v) is 5.04. The van der Waals surface area contributed by atoms with E-state index in [1.165, 1.54) is 18.2 Å². The number of carbonyl (C=O) groups is 1. The number of carbonyl (C=O) groups excluding carboxylic acids is 1. The fourth-order valence-electron chi connectivity index (χ4n) is 3.57. The zero-order chi connectivity index (χ0) is 19.7. The molecule has 0 unspecified atom stereocenters. The SMILES string of the molecule is Cn1cc(-c2ncccc2NC(=O)NC2(c3c(F)cccc3F)CCC2)cn1. The quantitative estimate of drug-likeness (QED) is 0.716. The number of halogens is 2. The van der Waals surface area contributed by atoms with Crippen LogP contribution >= 0.6 is 0 Å². The van der Waals surface area contributed by atoms with Gasteiger partial charge in [0.2, 0.25) is 0 Å². The summed E-state index contributed by atoms with van der Waals surface area (Å²) in [5.41, 5.74) is 0.657.